The zero-order valence-electron chi connectivity index (χ0n) is 9.27. The molecular weight excluding hydrogens is 224 g/mol. The quantitative estimate of drug-likeness (QED) is 0.672. The molecule has 0 radical (unpaired) electrons. The van der Waals surface area contributed by atoms with Crippen LogP contribution in [0, 0.1) is 0 Å². The highest BCUT2D eigenvalue weighted by Gasteiger charge is 2.38. The number of benzene rings is 1. The SMILES string of the molecule is O[C@H]1[C@H](O)COC(OCc2ccccc2)[C@H]1O. The maximum Gasteiger partial charge on any atom is 0.186 e. The Labute approximate surface area is 99.2 Å². The summed E-state index contributed by atoms with van der Waals surface area (Å²) in [4.78, 5) is 0. The largest absolute Gasteiger partial charge is 0.388 e. The van der Waals surface area contributed by atoms with Crippen LogP contribution in [0.2, 0.25) is 0 Å². The summed E-state index contributed by atoms with van der Waals surface area (Å²) in [6, 6.07) is 9.45. The molecule has 0 amide bonds. The molecule has 0 aromatic heterocycles. The first-order chi connectivity index (χ1) is 8.18. The lowest BCUT2D eigenvalue weighted by Gasteiger charge is -2.34. The Hall–Kier alpha value is -0.980. The standard InChI is InChI=1S/C12H16O5/c13-9-7-17-12(11(15)10(9)14)16-6-8-4-2-1-3-5-8/h1-5,9-15H,6-7H2/t9-,10+,11+,12?/m1/s1. The van der Waals surface area contributed by atoms with Crippen molar-refractivity contribution < 1.29 is 24.8 Å². The maximum atomic E-state index is 9.63. The minimum atomic E-state index is -1.23. The molecule has 1 unspecified atom stereocenters. The van der Waals surface area contributed by atoms with Gasteiger partial charge in [-0.2, -0.15) is 0 Å². The number of ether oxygens (including phenoxy) is 2. The van der Waals surface area contributed by atoms with Gasteiger partial charge in [0.25, 0.3) is 0 Å². The molecule has 5 nitrogen and oxygen atoms in total. The van der Waals surface area contributed by atoms with E-state index in [9.17, 15) is 15.3 Å². The van der Waals surface area contributed by atoms with Gasteiger partial charge in [0.1, 0.15) is 18.3 Å². The molecule has 1 aromatic carbocycles. The van der Waals surface area contributed by atoms with E-state index in [0.29, 0.717) is 0 Å². The molecule has 0 aliphatic carbocycles. The highest BCUT2D eigenvalue weighted by molar-refractivity contribution is 5.13. The Morgan fingerprint density at radius 2 is 1.82 bits per heavy atom. The van der Waals surface area contributed by atoms with Crippen LogP contribution in [0.15, 0.2) is 30.3 Å². The van der Waals surface area contributed by atoms with E-state index in [1.165, 1.54) is 0 Å². The summed E-state index contributed by atoms with van der Waals surface area (Å²) in [7, 11) is 0. The first-order valence-electron chi connectivity index (χ1n) is 5.50. The molecule has 94 valence electrons. The summed E-state index contributed by atoms with van der Waals surface area (Å²) in [5, 5.41) is 28.3. The minimum absolute atomic E-state index is 0.0440. The zero-order chi connectivity index (χ0) is 12.3. The number of aliphatic hydroxyl groups is 3. The van der Waals surface area contributed by atoms with Gasteiger partial charge in [-0.25, -0.2) is 0 Å². The predicted octanol–water partition coefficient (Wildman–Crippen LogP) is -0.358. The van der Waals surface area contributed by atoms with Gasteiger partial charge in [0.2, 0.25) is 0 Å². The zero-order valence-corrected chi connectivity index (χ0v) is 9.27. The molecule has 5 heteroatoms. The van der Waals surface area contributed by atoms with E-state index < -0.39 is 24.6 Å². The van der Waals surface area contributed by atoms with Crippen molar-refractivity contribution >= 4 is 0 Å². The topological polar surface area (TPSA) is 79.2 Å². The van der Waals surface area contributed by atoms with Crippen molar-refractivity contribution in [2.24, 2.45) is 0 Å². The van der Waals surface area contributed by atoms with Gasteiger partial charge in [-0.3, -0.25) is 0 Å². The molecule has 1 saturated heterocycles. The molecule has 17 heavy (non-hydrogen) atoms. The maximum absolute atomic E-state index is 9.63. The molecule has 1 aliphatic rings. The summed E-state index contributed by atoms with van der Waals surface area (Å²) in [6.45, 7) is 0.239. The molecular formula is C12H16O5. The van der Waals surface area contributed by atoms with Crippen LogP contribution in [-0.4, -0.2) is 46.5 Å². The fraction of sp³-hybridized carbons (Fsp3) is 0.500. The lowest BCUT2D eigenvalue weighted by Crippen LogP contribution is -2.53. The van der Waals surface area contributed by atoms with Gasteiger partial charge in [-0.1, -0.05) is 30.3 Å². The molecule has 2 rings (SSSR count). The number of hydrogen-bond donors (Lipinski definition) is 3. The van der Waals surface area contributed by atoms with Crippen LogP contribution < -0.4 is 0 Å². The minimum Gasteiger partial charge on any atom is -0.388 e. The van der Waals surface area contributed by atoms with Crippen molar-refractivity contribution in [2.75, 3.05) is 6.61 Å². The molecule has 1 aromatic rings. The first kappa shape index (κ1) is 12.5. The van der Waals surface area contributed by atoms with Crippen molar-refractivity contribution in [3.63, 3.8) is 0 Å². The van der Waals surface area contributed by atoms with Gasteiger partial charge in [0.05, 0.1) is 13.2 Å². The Morgan fingerprint density at radius 3 is 2.53 bits per heavy atom. The molecule has 3 N–H and O–H groups in total. The Kier molecular flexibility index (Phi) is 4.09. The summed E-state index contributed by atoms with van der Waals surface area (Å²) >= 11 is 0. The molecule has 1 fully saturated rings. The normalized spacial score (nSPS) is 33.6. The summed E-state index contributed by atoms with van der Waals surface area (Å²) in [6.07, 6.45) is -4.44. The van der Waals surface area contributed by atoms with E-state index in [-0.39, 0.29) is 13.2 Å². The van der Waals surface area contributed by atoms with Crippen molar-refractivity contribution in [1.29, 1.82) is 0 Å². The lowest BCUT2D eigenvalue weighted by molar-refractivity contribution is -0.273. The van der Waals surface area contributed by atoms with Crippen LogP contribution in [0.5, 0.6) is 0 Å². The van der Waals surface area contributed by atoms with Gasteiger partial charge in [0.15, 0.2) is 6.29 Å². The van der Waals surface area contributed by atoms with Gasteiger partial charge in [0, 0.05) is 0 Å². The van der Waals surface area contributed by atoms with Crippen molar-refractivity contribution in [1.82, 2.24) is 0 Å². The Bertz CT molecular complexity index is 342. The average molecular weight is 240 g/mol. The lowest BCUT2D eigenvalue weighted by atomic mass is 10.1. The van der Waals surface area contributed by atoms with Gasteiger partial charge < -0.3 is 24.8 Å². The van der Waals surface area contributed by atoms with Crippen LogP contribution in [0.25, 0.3) is 0 Å². The van der Waals surface area contributed by atoms with Gasteiger partial charge >= 0.3 is 0 Å². The van der Waals surface area contributed by atoms with Crippen molar-refractivity contribution in [3.05, 3.63) is 35.9 Å². The first-order valence-corrected chi connectivity index (χ1v) is 5.50. The number of aliphatic hydroxyl groups excluding tert-OH is 3. The van der Waals surface area contributed by atoms with Crippen LogP contribution >= 0.6 is 0 Å². The molecule has 0 saturated carbocycles. The molecule has 0 bridgehead atoms. The van der Waals surface area contributed by atoms with Gasteiger partial charge in [-0.15, -0.1) is 0 Å². The van der Waals surface area contributed by atoms with Crippen LogP contribution in [-0.2, 0) is 16.1 Å². The molecule has 0 spiro atoms. The smallest absolute Gasteiger partial charge is 0.186 e. The van der Waals surface area contributed by atoms with Crippen molar-refractivity contribution in [3.8, 4) is 0 Å². The third-order valence-corrected chi connectivity index (χ3v) is 2.71. The second-order valence-electron chi connectivity index (χ2n) is 4.05. The molecule has 4 atom stereocenters. The highest BCUT2D eigenvalue weighted by Crippen LogP contribution is 2.17. The Balaban J connectivity index is 1.87. The van der Waals surface area contributed by atoms with Crippen LogP contribution in [0.3, 0.4) is 0 Å². The fourth-order valence-electron chi connectivity index (χ4n) is 1.68. The van der Waals surface area contributed by atoms with Crippen LogP contribution in [0.1, 0.15) is 5.56 Å². The summed E-state index contributed by atoms with van der Waals surface area (Å²) < 4.78 is 10.5. The van der Waals surface area contributed by atoms with E-state index in [4.69, 9.17) is 9.47 Å². The van der Waals surface area contributed by atoms with E-state index >= 15 is 0 Å². The van der Waals surface area contributed by atoms with Crippen LogP contribution in [0.4, 0.5) is 0 Å². The number of hydrogen-bond acceptors (Lipinski definition) is 5. The molecule has 1 heterocycles. The third-order valence-electron chi connectivity index (χ3n) is 2.71. The monoisotopic (exact) mass is 240 g/mol. The second-order valence-corrected chi connectivity index (χ2v) is 4.05. The van der Waals surface area contributed by atoms with Crippen molar-refractivity contribution in [2.45, 2.75) is 31.2 Å². The van der Waals surface area contributed by atoms with E-state index in [1.807, 2.05) is 30.3 Å². The summed E-state index contributed by atoms with van der Waals surface area (Å²) in [5.74, 6) is 0. The fourth-order valence-corrected chi connectivity index (χ4v) is 1.68. The number of rotatable bonds is 3. The summed E-state index contributed by atoms with van der Waals surface area (Å²) in [5.41, 5.74) is 0.948. The van der Waals surface area contributed by atoms with E-state index in [0.717, 1.165) is 5.56 Å². The van der Waals surface area contributed by atoms with E-state index in [1.54, 1.807) is 0 Å². The average Bonchev–Trinajstić information content (AvgIpc) is 2.36. The van der Waals surface area contributed by atoms with Gasteiger partial charge in [-0.05, 0) is 5.56 Å². The highest BCUT2D eigenvalue weighted by atomic mass is 16.7. The predicted molar refractivity (Wildman–Crippen MR) is 59.0 cm³/mol. The third kappa shape index (κ3) is 3.02. The van der Waals surface area contributed by atoms with E-state index in [2.05, 4.69) is 0 Å². The Morgan fingerprint density at radius 1 is 1.12 bits per heavy atom. The molecule has 1 aliphatic heterocycles. The second kappa shape index (κ2) is 5.57.